The third kappa shape index (κ3) is 6.32. The van der Waals surface area contributed by atoms with Crippen molar-refractivity contribution in [2.75, 3.05) is 31.4 Å². The van der Waals surface area contributed by atoms with Gasteiger partial charge in [0.05, 0.1) is 12.5 Å². The third-order valence-electron chi connectivity index (χ3n) is 7.12. The van der Waals surface area contributed by atoms with Crippen LogP contribution in [0.1, 0.15) is 24.0 Å². The normalized spacial score (nSPS) is 17.7. The minimum Gasteiger partial charge on any atom is -0.485 e. The maximum atomic E-state index is 13.2. The van der Waals surface area contributed by atoms with E-state index in [9.17, 15) is 18.0 Å². The lowest BCUT2D eigenvalue weighted by molar-refractivity contribution is -0.148. The maximum absolute atomic E-state index is 13.2. The molecule has 11 nitrogen and oxygen atoms in total. The van der Waals surface area contributed by atoms with E-state index in [0.29, 0.717) is 47.5 Å². The number of halogens is 3. The highest BCUT2D eigenvalue weighted by atomic mass is 19.4. The molecule has 6 rings (SSSR count). The molecule has 43 heavy (non-hydrogen) atoms. The van der Waals surface area contributed by atoms with Crippen molar-refractivity contribution in [3.05, 3.63) is 71.8 Å². The Morgan fingerprint density at radius 2 is 1.86 bits per heavy atom. The first-order valence-electron chi connectivity index (χ1n) is 13.5. The van der Waals surface area contributed by atoms with E-state index in [1.54, 1.807) is 42.2 Å². The molecule has 0 spiro atoms. The van der Waals surface area contributed by atoms with Crippen LogP contribution in [-0.2, 0) is 28.7 Å². The largest absolute Gasteiger partial charge is 0.485 e. The van der Waals surface area contributed by atoms with Gasteiger partial charge in [0.1, 0.15) is 11.4 Å². The molecule has 0 aliphatic carbocycles. The van der Waals surface area contributed by atoms with Crippen molar-refractivity contribution >= 4 is 11.9 Å². The zero-order valence-electron chi connectivity index (χ0n) is 22.9. The molecule has 1 saturated heterocycles. The van der Waals surface area contributed by atoms with E-state index in [1.807, 2.05) is 12.1 Å². The Labute approximate surface area is 243 Å². The summed E-state index contributed by atoms with van der Waals surface area (Å²) in [6.07, 6.45) is -3.04. The number of rotatable bonds is 9. The van der Waals surface area contributed by atoms with E-state index in [-0.39, 0.29) is 38.4 Å². The monoisotopic (exact) mass is 597 g/mol. The molecule has 2 aliphatic heterocycles. The summed E-state index contributed by atoms with van der Waals surface area (Å²) in [5.74, 6) is 1.27. The fraction of sp³-hybridized carbons (Fsp3) is 0.345. The van der Waals surface area contributed by atoms with Crippen molar-refractivity contribution in [1.82, 2.24) is 20.1 Å². The number of ether oxygens (including phenoxy) is 4. The number of aromatic nitrogens is 4. The molecule has 0 saturated carbocycles. The van der Waals surface area contributed by atoms with Crippen LogP contribution in [0.5, 0.6) is 17.2 Å². The molecule has 2 aromatic carbocycles. The second-order valence-electron chi connectivity index (χ2n) is 9.98. The zero-order chi connectivity index (χ0) is 30.0. The Balaban J connectivity index is 1.09. The molecular formula is C29H26F3N5O6. The molecule has 0 unspecified atom stereocenters. The molecular weight excluding hydrogens is 571 g/mol. The highest BCUT2D eigenvalue weighted by molar-refractivity contribution is 5.74. The first-order chi connectivity index (χ1) is 20.8. The molecule has 224 valence electrons. The van der Waals surface area contributed by atoms with E-state index in [1.165, 1.54) is 0 Å². The predicted octanol–water partition coefficient (Wildman–Crippen LogP) is 4.71. The van der Waals surface area contributed by atoms with Crippen LogP contribution in [0.2, 0.25) is 0 Å². The minimum absolute atomic E-state index is 0.0708. The number of esters is 1. The second kappa shape index (κ2) is 11.8. The van der Waals surface area contributed by atoms with Gasteiger partial charge in [-0.25, -0.2) is 9.97 Å². The number of anilines is 1. The van der Waals surface area contributed by atoms with Gasteiger partial charge in [0.25, 0.3) is 5.89 Å². The lowest BCUT2D eigenvalue weighted by atomic mass is 9.90. The van der Waals surface area contributed by atoms with Gasteiger partial charge < -0.3 is 28.4 Å². The molecule has 4 aromatic rings. The Morgan fingerprint density at radius 3 is 2.65 bits per heavy atom. The number of benzene rings is 2. The molecule has 0 amide bonds. The maximum Gasteiger partial charge on any atom is 0.433 e. The first kappa shape index (κ1) is 28.2. The summed E-state index contributed by atoms with van der Waals surface area (Å²) in [4.78, 5) is 26.4. The number of hydrogen-bond acceptors (Lipinski definition) is 11. The minimum atomic E-state index is -4.60. The van der Waals surface area contributed by atoms with Gasteiger partial charge in [0.15, 0.2) is 18.1 Å². The van der Waals surface area contributed by atoms with E-state index >= 15 is 0 Å². The molecule has 0 bridgehead atoms. The van der Waals surface area contributed by atoms with E-state index in [4.69, 9.17) is 23.5 Å². The third-order valence-corrected chi connectivity index (χ3v) is 7.12. The number of alkyl halides is 3. The van der Waals surface area contributed by atoms with Crippen LogP contribution in [-0.4, -0.2) is 52.6 Å². The number of carbonyl (C=O) groups is 1. The number of carbonyl (C=O) groups excluding carboxylic acids is 1. The van der Waals surface area contributed by atoms with Crippen LogP contribution in [0.25, 0.3) is 11.5 Å². The molecule has 1 fully saturated rings. The van der Waals surface area contributed by atoms with Gasteiger partial charge in [-0.15, -0.1) is 0 Å². The Bertz CT molecular complexity index is 1600. The Morgan fingerprint density at radius 1 is 1.05 bits per heavy atom. The quantitative estimate of drug-likeness (QED) is 0.249. The van der Waals surface area contributed by atoms with Crippen molar-refractivity contribution in [1.29, 1.82) is 0 Å². The number of fused-ring (bicyclic) bond motifs is 1. The van der Waals surface area contributed by atoms with Crippen LogP contribution in [0, 0.1) is 11.8 Å². The highest BCUT2D eigenvalue weighted by Gasteiger charge is 2.40. The predicted molar refractivity (Wildman–Crippen MR) is 143 cm³/mol. The molecule has 2 aromatic heterocycles. The van der Waals surface area contributed by atoms with Gasteiger partial charge in [0, 0.05) is 24.8 Å². The average molecular weight is 598 g/mol. The SMILES string of the molecule is CCOC(=O)[C@H]1CN(c2nccc(C(F)(F)F)n2)C[C@H]1Cc1ccc(OCc2noc(-c3ccc4c(c3)OCO4)n2)cc1. The van der Waals surface area contributed by atoms with Crippen LogP contribution in [0.3, 0.4) is 0 Å². The van der Waals surface area contributed by atoms with Gasteiger partial charge in [-0.3, -0.25) is 4.79 Å². The summed E-state index contributed by atoms with van der Waals surface area (Å²) in [7, 11) is 0. The Hall–Kier alpha value is -4.88. The zero-order valence-corrected chi connectivity index (χ0v) is 22.9. The van der Waals surface area contributed by atoms with E-state index in [0.717, 1.165) is 17.8 Å². The molecule has 2 atom stereocenters. The van der Waals surface area contributed by atoms with Gasteiger partial charge in [-0.2, -0.15) is 18.2 Å². The van der Waals surface area contributed by atoms with Crippen LogP contribution < -0.4 is 19.1 Å². The first-order valence-corrected chi connectivity index (χ1v) is 13.5. The average Bonchev–Trinajstić information content (AvgIpc) is 3.76. The highest BCUT2D eigenvalue weighted by Crippen LogP contribution is 2.36. The van der Waals surface area contributed by atoms with E-state index < -0.39 is 23.8 Å². The summed E-state index contributed by atoms with van der Waals surface area (Å²) in [6.45, 7) is 2.61. The van der Waals surface area contributed by atoms with Gasteiger partial charge >= 0.3 is 12.1 Å². The van der Waals surface area contributed by atoms with E-state index in [2.05, 4.69) is 20.1 Å². The van der Waals surface area contributed by atoms with Gasteiger partial charge in [-0.05, 0) is 61.2 Å². The van der Waals surface area contributed by atoms with Gasteiger partial charge in [-0.1, -0.05) is 17.3 Å². The fourth-order valence-corrected chi connectivity index (χ4v) is 5.05. The number of hydrogen-bond donors (Lipinski definition) is 0. The molecule has 2 aliphatic rings. The van der Waals surface area contributed by atoms with Crippen LogP contribution in [0.15, 0.2) is 59.3 Å². The second-order valence-corrected chi connectivity index (χ2v) is 9.98. The van der Waals surface area contributed by atoms with Crippen molar-refractivity contribution in [2.24, 2.45) is 11.8 Å². The summed E-state index contributed by atoms with van der Waals surface area (Å²) in [6, 6.07) is 13.5. The fourth-order valence-electron chi connectivity index (χ4n) is 5.05. The molecule has 4 heterocycles. The topological polar surface area (TPSA) is 122 Å². The summed E-state index contributed by atoms with van der Waals surface area (Å²) >= 11 is 0. The lowest BCUT2D eigenvalue weighted by Crippen LogP contribution is -2.27. The number of nitrogens with zero attached hydrogens (tertiary/aromatic N) is 5. The van der Waals surface area contributed by atoms with Crippen LogP contribution >= 0.6 is 0 Å². The molecule has 14 heteroatoms. The molecule has 0 radical (unpaired) electrons. The van der Waals surface area contributed by atoms with Crippen molar-refractivity contribution in [3.8, 4) is 28.7 Å². The summed E-state index contributed by atoms with van der Waals surface area (Å²) in [5.41, 5.74) is 0.580. The van der Waals surface area contributed by atoms with Crippen LogP contribution in [0.4, 0.5) is 19.1 Å². The van der Waals surface area contributed by atoms with Crippen molar-refractivity contribution in [3.63, 3.8) is 0 Å². The van der Waals surface area contributed by atoms with Gasteiger partial charge in [0.2, 0.25) is 18.6 Å². The summed E-state index contributed by atoms with van der Waals surface area (Å²) < 4.78 is 66.8. The summed E-state index contributed by atoms with van der Waals surface area (Å²) in [5, 5.41) is 3.97. The molecule has 0 N–H and O–H groups in total. The lowest BCUT2D eigenvalue weighted by Gasteiger charge is -2.17. The Kier molecular flexibility index (Phi) is 7.74. The standard InChI is InChI=1S/C29H26F3N5O6/c1-2-39-27(38)21-14-37(28-33-10-9-24(34-28)29(30,31)32)13-19(21)11-17-3-6-20(7-4-17)40-15-25-35-26(43-36-25)18-5-8-22-23(12-18)42-16-41-22/h3-10,12,19,21H,2,11,13-16H2,1H3/t19-,21+/m1/s1. The van der Waals surface area contributed by atoms with Crippen molar-refractivity contribution in [2.45, 2.75) is 26.1 Å². The smallest absolute Gasteiger partial charge is 0.433 e. The van der Waals surface area contributed by atoms with Crippen molar-refractivity contribution < 1.29 is 41.4 Å².